The molecular weight excluding hydrogens is 278 g/mol. The third-order valence-electron chi connectivity index (χ3n) is 3.64. The molecule has 5 heteroatoms. The van der Waals surface area contributed by atoms with Crippen LogP contribution in [0.5, 0.6) is 5.75 Å². The number of unbranched alkanes of at least 4 members (excludes halogenated alkanes) is 2. The Labute approximate surface area is 131 Å². The molecular formula is C17H23N3O2. The minimum Gasteiger partial charge on any atom is -0.487 e. The van der Waals surface area contributed by atoms with E-state index in [0.29, 0.717) is 12.3 Å². The maximum Gasteiger partial charge on any atom is 0.172 e. The van der Waals surface area contributed by atoms with E-state index in [0.717, 1.165) is 50.0 Å². The Bertz CT molecular complexity index is 608. The lowest BCUT2D eigenvalue weighted by Gasteiger charge is -2.09. The average Bonchev–Trinajstić information content (AvgIpc) is 2.95. The predicted molar refractivity (Wildman–Crippen MR) is 85.1 cm³/mol. The average molecular weight is 301 g/mol. The molecule has 1 heterocycles. The van der Waals surface area contributed by atoms with Gasteiger partial charge < -0.3 is 4.74 Å². The standard InChI is InChI=1S/C17H23N3O2/c1-3-5-6-10-20-17(16(12-21)18-19-20)13-22-15-9-7-8-14(4-2)11-15/h7-9,11-12H,3-6,10,13H2,1-2H3. The molecule has 0 amide bonds. The molecule has 0 aliphatic carbocycles. The van der Waals surface area contributed by atoms with Crippen LogP contribution in [0.2, 0.25) is 0 Å². The number of aromatic nitrogens is 3. The minimum absolute atomic E-state index is 0.306. The van der Waals surface area contributed by atoms with E-state index in [-0.39, 0.29) is 0 Å². The van der Waals surface area contributed by atoms with Gasteiger partial charge in [0.25, 0.3) is 0 Å². The summed E-state index contributed by atoms with van der Waals surface area (Å²) in [6, 6.07) is 7.99. The van der Waals surface area contributed by atoms with Crippen LogP contribution in [0.1, 0.15) is 54.9 Å². The van der Waals surface area contributed by atoms with E-state index >= 15 is 0 Å². The number of aryl methyl sites for hydroxylation is 2. The molecule has 0 atom stereocenters. The van der Waals surface area contributed by atoms with Gasteiger partial charge in [-0.3, -0.25) is 4.79 Å². The maximum absolute atomic E-state index is 11.1. The molecule has 0 N–H and O–H groups in total. The van der Waals surface area contributed by atoms with E-state index in [1.54, 1.807) is 4.68 Å². The molecule has 5 nitrogen and oxygen atoms in total. The summed E-state index contributed by atoms with van der Waals surface area (Å²) in [5, 5.41) is 7.98. The molecule has 0 spiro atoms. The monoisotopic (exact) mass is 301 g/mol. The van der Waals surface area contributed by atoms with Gasteiger partial charge in [0.2, 0.25) is 0 Å². The molecule has 2 rings (SSSR count). The van der Waals surface area contributed by atoms with Crippen LogP contribution in [0.15, 0.2) is 24.3 Å². The van der Waals surface area contributed by atoms with Crippen molar-refractivity contribution >= 4 is 6.29 Å². The lowest BCUT2D eigenvalue weighted by Crippen LogP contribution is -2.09. The Hall–Kier alpha value is -2.17. The van der Waals surface area contributed by atoms with E-state index in [1.807, 2.05) is 18.2 Å². The van der Waals surface area contributed by atoms with Crippen LogP contribution >= 0.6 is 0 Å². The van der Waals surface area contributed by atoms with Gasteiger partial charge in [-0.05, 0) is 30.5 Å². The number of hydrogen-bond acceptors (Lipinski definition) is 4. The van der Waals surface area contributed by atoms with E-state index < -0.39 is 0 Å². The third kappa shape index (κ3) is 4.16. The highest BCUT2D eigenvalue weighted by Crippen LogP contribution is 2.16. The van der Waals surface area contributed by atoms with Crippen LogP contribution in [-0.4, -0.2) is 21.3 Å². The number of carbonyl (C=O) groups is 1. The molecule has 0 radical (unpaired) electrons. The van der Waals surface area contributed by atoms with Crippen molar-refractivity contribution < 1.29 is 9.53 Å². The van der Waals surface area contributed by atoms with Gasteiger partial charge >= 0.3 is 0 Å². The van der Waals surface area contributed by atoms with Crippen molar-refractivity contribution in [3.63, 3.8) is 0 Å². The van der Waals surface area contributed by atoms with E-state index in [2.05, 4.69) is 30.2 Å². The second-order valence-corrected chi connectivity index (χ2v) is 5.26. The fraction of sp³-hybridized carbons (Fsp3) is 0.471. The Morgan fingerprint density at radius 1 is 1.27 bits per heavy atom. The summed E-state index contributed by atoms with van der Waals surface area (Å²) in [7, 11) is 0. The minimum atomic E-state index is 0.306. The van der Waals surface area contributed by atoms with Crippen molar-refractivity contribution in [2.24, 2.45) is 0 Å². The summed E-state index contributed by atoms with van der Waals surface area (Å²) >= 11 is 0. The number of nitrogens with zero attached hydrogens (tertiary/aromatic N) is 3. The Balaban J connectivity index is 2.06. The Morgan fingerprint density at radius 3 is 2.86 bits per heavy atom. The van der Waals surface area contributed by atoms with Gasteiger partial charge in [-0.2, -0.15) is 0 Å². The van der Waals surface area contributed by atoms with E-state index in [4.69, 9.17) is 4.74 Å². The highest BCUT2D eigenvalue weighted by Gasteiger charge is 2.13. The maximum atomic E-state index is 11.1. The fourth-order valence-electron chi connectivity index (χ4n) is 2.28. The topological polar surface area (TPSA) is 57.0 Å². The van der Waals surface area contributed by atoms with E-state index in [9.17, 15) is 4.79 Å². The van der Waals surface area contributed by atoms with E-state index in [1.165, 1.54) is 5.56 Å². The predicted octanol–water partition coefficient (Wildman–Crippen LogP) is 3.42. The number of aldehydes is 1. The molecule has 22 heavy (non-hydrogen) atoms. The smallest absolute Gasteiger partial charge is 0.172 e. The van der Waals surface area contributed by atoms with Crippen LogP contribution < -0.4 is 4.74 Å². The second-order valence-electron chi connectivity index (χ2n) is 5.26. The zero-order valence-electron chi connectivity index (χ0n) is 13.3. The first kappa shape index (κ1) is 16.2. The van der Waals surface area contributed by atoms with Crippen LogP contribution in [0.3, 0.4) is 0 Å². The first-order chi connectivity index (χ1) is 10.8. The molecule has 118 valence electrons. The number of benzene rings is 1. The van der Waals surface area contributed by atoms with Gasteiger partial charge in [0.1, 0.15) is 18.1 Å². The molecule has 1 aromatic carbocycles. The first-order valence-corrected chi connectivity index (χ1v) is 7.87. The summed E-state index contributed by atoms with van der Waals surface area (Å²) in [6.45, 7) is 5.34. The fourth-order valence-corrected chi connectivity index (χ4v) is 2.28. The van der Waals surface area contributed by atoms with Crippen molar-refractivity contribution in [2.75, 3.05) is 0 Å². The van der Waals surface area contributed by atoms with Crippen LogP contribution in [-0.2, 0) is 19.6 Å². The summed E-state index contributed by atoms with van der Waals surface area (Å²) < 4.78 is 7.60. The number of hydrogen-bond donors (Lipinski definition) is 0. The lowest BCUT2D eigenvalue weighted by atomic mass is 10.2. The molecule has 0 aliphatic heterocycles. The zero-order valence-corrected chi connectivity index (χ0v) is 13.3. The first-order valence-electron chi connectivity index (χ1n) is 7.87. The molecule has 1 aromatic heterocycles. The Morgan fingerprint density at radius 2 is 2.14 bits per heavy atom. The van der Waals surface area contributed by atoms with Crippen molar-refractivity contribution in [3.8, 4) is 5.75 Å². The zero-order chi connectivity index (χ0) is 15.8. The summed E-state index contributed by atoms with van der Waals surface area (Å²) in [5.41, 5.74) is 2.33. The van der Waals surface area contributed by atoms with Gasteiger partial charge in [-0.15, -0.1) is 5.10 Å². The summed E-state index contributed by atoms with van der Waals surface area (Å²) in [6.07, 6.45) is 5.01. The summed E-state index contributed by atoms with van der Waals surface area (Å²) in [5.74, 6) is 0.803. The Kier molecular flexibility index (Phi) is 6.13. The molecule has 0 bridgehead atoms. The van der Waals surface area contributed by atoms with Crippen LogP contribution in [0.25, 0.3) is 0 Å². The van der Waals surface area contributed by atoms with Crippen LogP contribution in [0, 0.1) is 0 Å². The third-order valence-corrected chi connectivity index (χ3v) is 3.64. The molecule has 0 fully saturated rings. The number of rotatable bonds is 9. The van der Waals surface area contributed by atoms with Gasteiger partial charge in [0.15, 0.2) is 12.0 Å². The normalized spacial score (nSPS) is 10.6. The van der Waals surface area contributed by atoms with Gasteiger partial charge in [-0.1, -0.05) is 44.0 Å². The molecule has 0 saturated heterocycles. The SMILES string of the molecule is CCCCCn1nnc(C=O)c1COc1cccc(CC)c1. The highest BCUT2D eigenvalue weighted by molar-refractivity contribution is 5.73. The van der Waals surface area contributed by atoms with Crippen LogP contribution in [0.4, 0.5) is 0 Å². The second kappa shape index (κ2) is 8.32. The highest BCUT2D eigenvalue weighted by atomic mass is 16.5. The lowest BCUT2D eigenvalue weighted by molar-refractivity contribution is 0.111. The number of carbonyl (C=O) groups excluding carboxylic acids is 1. The van der Waals surface area contributed by atoms with Gasteiger partial charge in [0, 0.05) is 6.54 Å². The molecule has 2 aromatic rings. The number of ether oxygens (including phenoxy) is 1. The van der Waals surface area contributed by atoms with Crippen molar-refractivity contribution in [1.29, 1.82) is 0 Å². The molecule has 0 saturated carbocycles. The molecule has 0 aliphatic rings. The van der Waals surface area contributed by atoms with Gasteiger partial charge in [0.05, 0.1) is 0 Å². The van der Waals surface area contributed by atoms with Gasteiger partial charge in [-0.25, -0.2) is 4.68 Å². The quantitative estimate of drug-likeness (QED) is 0.526. The summed E-state index contributed by atoms with van der Waals surface area (Å²) in [4.78, 5) is 11.1. The molecule has 0 unspecified atom stereocenters. The largest absolute Gasteiger partial charge is 0.487 e. The van der Waals surface area contributed by atoms with Crippen molar-refractivity contribution in [3.05, 3.63) is 41.2 Å². The van der Waals surface area contributed by atoms with Crippen molar-refractivity contribution in [1.82, 2.24) is 15.0 Å². The van der Waals surface area contributed by atoms with Crippen molar-refractivity contribution in [2.45, 2.75) is 52.7 Å².